The molecule has 0 amide bonds. The van der Waals surface area contributed by atoms with Gasteiger partial charge in [0.1, 0.15) is 25.1 Å². The van der Waals surface area contributed by atoms with Gasteiger partial charge in [-0.2, -0.15) is 0 Å². The Morgan fingerprint density at radius 1 is 1.38 bits per heavy atom. The van der Waals surface area contributed by atoms with Gasteiger partial charge in [-0.1, -0.05) is 6.08 Å². The van der Waals surface area contributed by atoms with Crippen molar-refractivity contribution < 1.29 is 9.47 Å². The lowest BCUT2D eigenvalue weighted by Gasteiger charge is -2.30. The monoisotopic (exact) mass is 215 g/mol. The van der Waals surface area contributed by atoms with Crippen molar-refractivity contribution in [1.82, 2.24) is 5.32 Å². The van der Waals surface area contributed by atoms with Crippen LogP contribution in [0.15, 0.2) is 34.9 Å². The summed E-state index contributed by atoms with van der Waals surface area (Å²) in [5.74, 6) is 1.67. The summed E-state index contributed by atoms with van der Waals surface area (Å²) in [6.07, 6.45) is 7.29. The lowest BCUT2D eigenvalue weighted by molar-refractivity contribution is 0.160. The number of hydrogen-bond acceptors (Lipinski definition) is 3. The van der Waals surface area contributed by atoms with Crippen molar-refractivity contribution in [3.05, 3.63) is 34.9 Å². The highest BCUT2D eigenvalue weighted by atomic mass is 16.5. The summed E-state index contributed by atoms with van der Waals surface area (Å²) >= 11 is 0. The second kappa shape index (κ2) is 3.93. The zero-order valence-electron chi connectivity index (χ0n) is 9.16. The van der Waals surface area contributed by atoms with Crippen LogP contribution in [0.5, 0.6) is 0 Å². The molecule has 1 unspecified atom stereocenters. The number of nitrogens with one attached hydrogen (secondary N) is 1. The van der Waals surface area contributed by atoms with Crippen LogP contribution in [0.2, 0.25) is 0 Å². The predicted molar refractivity (Wildman–Crippen MR) is 61.6 cm³/mol. The first kappa shape index (κ1) is 9.88. The summed E-state index contributed by atoms with van der Waals surface area (Å²) in [4.78, 5) is 0. The Morgan fingerprint density at radius 3 is 3.25 bits per heavy atom. The Hall–Kier alpha value is -1.32. The van der Waals surface area contributed by atoms with E-state index in [9.17, 15) is 0 Å². The molecule has 82 valence electrons. The van der Waals surface area contributed by atoms with Crippen LogP contribution in [0, 0.1) is 0 Å². The van der Waals surface area contributed by atoms with Crippen molar-refractivity contribution in [2.24, 2.45) is 0 Å². The van der Waals surface area contributed by atoms with E-state index in [1.54, 1.807) is 0 Å². The smallest absolute Gasteiger partial charge is 0.145 e. The summed E-state index contributed by atoms with van der Waals surface area (Å²) in [6.45, 7) is 1.29. The van der Waals surface area contributed by atoms with Gasteiger partial charge in [-0.15, -0.1) is 0 Å². The average molecular weight is 215 g/mol. The molecule has 1 N–H and O–H groups in total. The molecule has 0 spiro atoms. The Bertz CT molecular complexity index is 398. The van der Waals surface area contributed by atoms with Gasteiger partial charge in [0.05, 0.1) is 13.2 Å². The van der Waals surface area contributed by atoms with Crippen LogP contribution in [0.4, 0.5) is 0 Å². The largest absolute Gasteiger partial charge is 0.491 e. The van der Waals surface area contributed by atoms with Crippen molar-refractivity contribution in [2.75, 3.05) is 13.2 Å². The van der Waals surface area contributed by atoms with Gasteiger partial charge in [0.25, 0.3) is 0 Å². The van der Waals surface area contributed by atoms with Gasteiger partial charge in [-0.3, -0.25) is 0 Å². The molecule has 0 aromatic heterocycles. The molecule has 0 saturated heterocycles. The maximum absolute atomic E-state index is 5.84. The maximum Gasteiger partial charge on any atom is 0.145 e. The number of rotatable bonds is 0. The van der Waals surface area contributed by atoms with Gasteiger partial charge in [0.2, 0.25) is 0 Å². The Balaban J connectivity index is 2.03. The fraction of sp³-hybridized carbons (Fsp3) is 0.500. The molecule has 3 aliphatic rings. The molecule has 2 heterocycles. The van der Waals surface area contributed by atoms with Crippen molar-refractivity contribution in [3.63, 3.8) is 0 Å². The molecule has 1 aliphatic carbocycles. The number of ether oxygens (including phenoxy) is 2. The molecule has 2 radical (unpaired) electrons. The molecule has 0 bridgehead atoms. The summed E-state index contributed by atoms with van der Waals surface area (Å²) in [7, 11) is 5.84. The van der Waals surface area contributed by atoms with Crippen LogP contribution >= 0.6 is 0 Å². The topological polar surface area (TPSA) is 30.5 Å². The normalized spacial score (nSPS) is 28.4. The number of allylic oxidation sites excluding steroid dienone is 3. The van der Waals surface area contributed by atoms with Gasteiger partial charge in [-0.25, -0.2) is 0 Å². The molecular formula is C12H14BNO2. The Morgan fingerprint density at radius 2 is 2.31 bits per heavy atom. The fourth-order valence-electron chi connectivity index (χ4n) is 2.29. The molecule has 3 nitrogen and oxygen atoms in total. The molecule has 3 rings (SSSR count). The third kappa shape index (κ3) is 1.62. The first-order chi connectivity index (χ1) is 7.84. The molecule has 1 atom stereocenters. The SMILES string of the molecule is [B]C1COC2=C(N1)C1=C(CC=C2)CCCO1. The molecule has 4 heteroatoms. The van der Waals surface area contributed by atoms with Crippen molar-refractivity contribution in [2.45, 2.75) is 25.2 Å². The second-order valence-electron chi connectivity index (χ2n) is 4.29. The molecule has 0 aromatic rings. The lowest BCUT2D eigenvalue weighted by atomic mass is 9.95. The highest BCUT2D eigenvalue weighted by Crippen LogP contribution is 2.32. The molecule has 0 fully saturated rings. The van der Waals surface area contributed by atoms with E-state index in [1.807, 2.05) is 6.08 Å². The number of fused-ring (bicyclic) bond motifs is 1. The highest BCUT2D eigenvalue weighted by molar-refractivity contribution is 6.12. The van der Waals surface area contributed by atoms with Crippen molar-refractivity contribution in [1.29, 1.82) is 0 Å². The van der Waals surface area contributed by atoms with Crippen molar-refractivity contribution >= 4 is 7.85 Å². The van der Waals surface area contributed by atoms with Crippen LogP contribution in [0.25, 0.3) is 0 Å². The van der Waals surface area contributed by atoms with Gasteiger partial charge in [0, 0.05) is 5.94 Å². The number of hydrogen-bond donors (Lipinski definition) is 1. The Kier molecular flexibility index (Phi) is 2.42. The minimum absolute atomic E-state index is 0.149. The van der Waals surface area contributed by atoms with E-state index in [1.165, 1.54) is 5.57 Å². The fourth-order valence-corrected chi connectivity index (χ4v) is 2.29. The first-order valence-corrected chi connectivity index (χ1v) is 5.75. The van der Waals surface area contributed by atoms with Crippen molar-refractivity contribution in [3.8, 4) is 0 Å². The van der Waals surface area contributed by atoms with Gasteiger partial charge in [-0.05, 0) is 30.9 Å². The molecule has 2 aliphatic heterocycles. The van der Waals surface area contributed by atoms with E-state index in [4.69, 9.17) is 17.3 Å². The summed E-state index contributed by atoms with van der Waals surface area (Å²) in [5.41, 5.74) is 2.28. The van der Waals surface area contributed by atoms with Crippen LogP contribution in [-0.2, 0) is 9.47 Å². The maximum atomic E-state index is 5.84. The van der Waals surface area contributed by atoms with E-state index in [2.05, 4.69) is 11.4 Å². The van der Waals surface area contributed by atoms with Crippen LogP contribution in [-0.4, -0.2) is 27.0 Å². The van der Waals surface area contributed by atoms with Gasteiger partial charge in [0.15, 0.2) is 0 Å². The van der Waals surface area contributed by atoms with Crippen LogP contribution in [0.3, 0.4) is 0 Å². The van der Waals surface area contributed by atoms with E-state index in [-0.39, 0.29) is 5.94 Å². The third-order valence-corrected chi connectivity index (χ3v) is 3.05. The molecule has 0 saturated carbocycles. The zero-order valence-corrected chi connectivity index (χ0v) is 9.16. The lowest BCUT2D eigenvalue weighted by Crippen LogP contribution is -2.39. The van der Waals surface area contributed by atoms with Crippen LogP contribution < -0.4 is 5.32 Å². The molecule has 16 heavy (non-hydrogen) atoms. The van der Waals surface area contributed by atoms with Crippen LogP contribution in [0.1, 0.15) is 19.3 Å². The minimum atomic E-state index is -0.149. The van der Waals surface area contributed by atoms with Gasteiger partial charge < -0.3 is 14.8 Å². The quantitative estimate of drug-likeness (QED) is 0.618. The standard InChI is InChI=1S/C12H14BNO2/c13-10-7-16-9-5-1-3-8-4-2-6-15-12(8)11(9)14-10/h1,5,10,14H,2-4,6-7H2. The molecular weight excluding hydrogens is 201 g/mol. The highest BCUT2D eigenvalue weighted by Gasteiger charge is 2.26. The van der Waals surface area contributed by atoms with E-state index in [0.717, 1.165) is 43.1 Å². The average Bonchev–Trinajstić information content (AvgIpc) is 2.48. The van der Waals surface area contributed by atoms with Gasteiger partial charge >= 0.3 is 0 Å². The van der Waals surface area contributed by atoms with E-state index >= 15 is 0 Å². The minimum Gasteiger partial charge on any atom is -0.491 e. The summed E-state index contributed by atoms with van der Waals surface area (Å²) in [5, 5.41) is 3.26. The zero-order chi connectivity index (χ0) is 11.0. The van der Waals surface area contributed by atoms with E-state index in [0.29, 0.717) is 6.61 Å². The summed E-state index contributed by atoms with van der Waals surface area (Å²) in [6, 6.07) is 0. The third-order valence-electron chi connectivity index (χ3n) is 3.05. The molecule has 0 aromatic carbocycles. The van der Waals surface area contributed by atoms with E-state index < -0.39 is 0 Å². The summed E-state index contributed by atoms with van der Waals surface area (Å²) < 4.78 is 11.4. The second-order valence-corrected chi connectivity index (χ2v) is 4.29. The Labute approximate surface area is 96.6 Å². The first-order valence-electron chi connectivity index (χ1n) is 5.75. The predicted octanol–water partition coefficient (Wildman–Crippen LogP) is 1.34.